The first-order valence-corrected chi connectivity index (χ1v) is 8.76. The third-order valence-corrected chi connectivity index (χ3v) is 4.31. The number of nitrogens with one attached hydrogen (secondary N) is 1. The molecule has 2 aromatic rings. The van der Waals surface area contributed by atoms with Gasteiger partial charge in [0.1, 0.15) is 5.75 Å². The second-order valence-corrected chi connectivity index (χ2v) is 7.45. The molecule has 0 bridgehead atoms. The molecule has 6 heteroatoms. The van der Waals surface area contributed by atoms with Crippen LogP contribution in [0.1, 0.15) is 29.8 Å². The summed E-state index contributed by atoms with van der Waals surface area (Å²) in [6, 6.07) is 12.5. The van der Waals surface area contributed by atoms with Crippen molar-refractivity contribution in [3.8, 4) is 5.75 Å². The fourth-order valence-corrected chi connectivity index (χ4v) is 3.00. The molecule has 2 N–H and O–H groups in total. The van der Waals surface area contributed by atoms with Crippen molar-refractivity contribution in [2.45, 2.75) is 30.9 Å². The summed E-state index contributed by atoms with van der Waals surface area (Å²) >= 11 is 1.75. The Kier molecular flexibility index (Phi) is 6.47. The molecule has 132 valence electrons. The maximum atomic E-state index is 12.4. The van der Waals surface area contributed by atoms with Crippen LogP contribution >= 0.6 is 11.8 Å². The van der Waals surface area contributed by atoms with Crippen LogP contribution in [0.5, 0.6) is 5.75 Å². The largest absolute Gasteiger partial charge is 0.482 e. The zero-order chi connectivity index (χ0) is 18.4. The van der Waals surface area contributed by atoms with Gasteiger partial charge in [0.05, 0.1) is 0 Å². The van der Waals surface area contributed by atoms with Crippen molar-refractivity contribution in [2.24, 2.45) is 0 Å². The molecule has 0 spiro atoms. The Hall–Kier alpha value is -2.47. The number of ether oxygens (including phenoxy) is 1. The second kappa shape index (κ2) is 8.58. The highest BCUT2D eigenvalue weighted by atomic mass is 32.2. The van der Waals surface area contributed by atoms with E-state index in [0.717, 1.165) is 10.5 Å². The molecule has 0 unspecified atom stereocenters. The lowest BCUT2D eigenvalue weighted by Crippen LogP contribution is -2.13. The van der Waals surface area contributed by atoms with Crippen molar-refractivity contribution in [3.05, 3.63) is 53.6 Å². The number of hydrogen-bond donors (Lipinski definition) is 2. The van der Waals surface area contributed by atoms with E-state index in [1.165, 1.54) is 0 Å². The molecule has 0 aliphatic rings. The van der Waals surface area contributed by atoms with Gasteiger partial charge in [-0.3, -0.25) is 4.79 Å². The highest BCUT2D eigenvalue weighted by molar-refractivity contribution is 7.99. The van der Waals surface area contributed by atoms with Crippen LogP contribution in [0.2, 0.25) is 0 Å². The lowest BCUT2D eigenvalue weighted by molar-refractivity contribution is -0.139. The van der Waals surface area contributed by atoms with Gasteiger partial charge in [-0.2, -0.15) is 0 Å². The Bertz CT molecular complexity index is 757. The van der Waals surface area contributed by atoms with E-state index in [2.05, 4.69) is 19.2 Å². The topological polar surface area (TPSA) is 75.6 Å². The fourth-order valence-electron chi connectivity index (χ4n) is 2.16. The number of carbonyl (C=O) groups is 2. The SMILES string of the molecule is Cc1cc(OCC(=O)O)ccc1NC(=O)c1ccc(SC(C)C)cc1. The number of hydrogen-bond acceptors (Lipinski definition) is 4. The van der Waals surface area contributed by atoms with Crippen LogP contribution in [0.3, 0.4) is 0 Å². The summed E-state index contributed by atoms with van der Waals surface area (Å²) in [5.74, 6) is -0.773. The van der Waals surface area contributed by atoms with E-state index < -0.39 is 12.6 Å². The first-order chi connectivity index (χ1) is 11.8. The Labute approximate surface area is 151 Å². The summed E-state index contributed by atoms with van der Waals surface area (Å²) in [6.07, 6.45) is 0. The minimum absolute atomic E-state index is 0.191. The average Bonchev–Trinajstić information content (AvgIpc) is 2.55. The smallest absolute Gasteiger partial charge is 0.341 e. The number of benzene rings is 2. The first kappa shape index (κ1) is 18.9. The monoisotopic (exact) mass is 359 g/mol. The maximum Gasteiger partial charge on any atom is 0.341 e. The minimum atomic E-state index is -1.03. The Morgan fingerprint density at radius 1 is 1.16 bits per heavy atom. The standard InChI is InChI=1S/C19H21NO4S/c1-12(2)25-16-7-4-14(5-8-16)19(23)20-17-9-6-15(10-13(17)3)24-11-18(21)22/h4-10,12H,11H2,1-3H3,(H,20,23)(H,21,22). The van der Waals surface area contributed by atoms with Crippen molar-refractivity contribution in [1.82, 2.24) is 0 Å². The molecule has 0 saturated carbocycles. The van der Waals surface area contributed by atoms with Crippen LogP contribution in [-0.2, 0) is 4.79 Å². The van der Waals surface area contributed by atoms with Crippen LogP contribution in [0.25, 0.3) is 0 Å². The summed E-state index contributed by atoms with van der Waals surface area (Å²) in [5, 5.41) is 12.0. The van der Waals surface area contributed by atoms with Gasteiger partial charge >= 0.3 is 5.97 Å². The number of thioether (sulfide) groups is 1. The molecule has 2 aromatic carbocycles. The number of carboxylic acid groups (broad SMARTS) is 1. The summed E-state index contributed by atoms with van der Waals surface area (Å²) < 4.78 is 5.12. The summed E-state index contributed by atoms with van der Waals surface area (Å²) in [7, 11) is 0. The van der Waals surface area contributed by atoms with Gasteiger partial charge in [0, 0.05) is 21.4 Å². The predicted molar refractivity (Wildman–Crippen MR) is 99.7 cm³/mol. The number of amides is 1. The number of anilines is 1. The van der Waals surface area contributed by atoms with E-state index in [1.54, 1.807) is 42.1 Å². The van der Waals surface area contributed by atoms with Gasteiger partial charge in [0.2, 0.25) is 0 Å². The van der Waals surface area contributed by atoms with Gasteiger partial charge in [0.25, 0.3) is 5.91 Å². The number of carbonyl (C=O) groups excluding carboxylic acids is 1. The molecular weight excluding hydrogens is 338 g/mol. The van der Waals surface area contributed by atoms with Crippen molar-refractivity contribution in [2.75, 3.05) is 11.9 Å². The Morgan fingerprint density at radius 3 is 2.40 bits per heavy atom. The van der Waals surface area contributed by atoms with Crippen LogP contribution in [-0.4, -0.2) is 28.8 Å². The van der Waals surface area contributed by atoms with Gasteiger partial charge in [-0.1, -0.05) is 13.8 Å². The molecule has 5 nitrogen and oxygen atoms in total. The number of aryl methyl sites for hydroxylation is 1. The van der Waals surface area contributed by atoms with E-state index >= 15 is 0 Å². The zero-order valence-corrected chi connectivity index (χ0v) is 15.2. The van der Waals surface area contributed by atoms with Gasteiger partial charge in [0.15, 0.2) is 6.61 Å². The highest BCUT2D eigenvalue weighted by Gasteiger charge is 2.09. The van der Waals surface area contributed by atoms with Crippen LogP contribution in [0.4, 0.5) is 5.69 Å². The van der Waals surface area contributed by atoms with E-state index in [4.69, 9.17) is 9.84 Å². The second-order valence-electron chi connectivity index (χ2n) is 5.80. The maximum absolute atomic E-state index is 12.4. The minimum Gasteiger partial charge on any atom is -0.482 e. The Balaban J connectivity index is 2.03. The predicted octanol–water partition coefficient (Wildman–Crippen LogP) is 4.21. The molecule has 0 atom stereocenters. The van der Waals surface area contributed by atoms with Gasteiger partial charge < -0.3 is 15.2 Å². The van der Waals surface area contributed by atoms with Crippen molar-refractivity contribution in [3.63, 3.8) is 0 Å². The fraction of sp³-hybridized carbons (Fsp3) is 0.263. The summed E-state index contributed by atoms with van der Waals surface area (Å²) in [6.45, 7) is 5.67. The molecule has 25 heavy (non-hydrogen) atoms. The van der Waals surface area contributed by atoms with Crippen molar-refractivity contribution >= 4 is 29.3 Å². The number of carboxylic acids is 1. The molecular formula is C19H21NO4S. The average molecular weight is 359 g/mol. The van der Waals surface area contributed by atoms with E-state index in [9.17, 15) is 9.59 Å². The van der Waals surface area contributed by atoms with Crippen molar-refractivity contribution < 1.29 is 19.4 Å². The lowest BCUT2D eigenvalue weighted by atomic mass is 10.1. The molecule has 0 aromatic heterocycles. The first-order valence-electron chi connectivity index (χ1n) is 7.88. The van der Waals surface area contributed by atoms with E-state index in [1.807, 2.05) is 19.1 Å². The van der Waals surface area contributed by atoms with Crippen LogP contribution in [0.15, 0.2) is 47.4 Å². The van der Waals surface area contributed by atoms with Crippen LogP contribution < -0.4 is 10.1 Å². The zero-order valence-electron chi connectivity index (χ0n) is 14.4. The number of aliphatic carboxylic acids is 1. The van der Waals surface area contributed by atoms with Gasteiger partial charge in [-0.05, 0) is 55.0 Å². The normalized spacial score (nSPS) is 10.6. The molecule has 0 aliphatic heterocycles. The van der Waals surface area contributed by atoms with Gasteiger partial charge in [-0.25, -0.2) is 4.79 Å². The van der Waals surface area contributed by atoms with Gasteiger partial charge in [-0.15, -0.1) is 11.8 Å². The molecule has 0 aliphatic carbocycles. The highest BCUT2D eigenvalue weighted by Crippen LogP contribution is 2.24. The third kappa shape index (κ3) is 5.83. The van der Waals surface area contributed by atoms with E-state index in [0.29, 0.717) is 22.3 Å². The summed E-state index contributed by atoms with van der Waals surface area (Å²) in [5.41, 5.74) is 2.04. The molecule has 0 radical (unpaired) electrons. The Morgan fingerprint density at radius 2 is 1.84 bits per heavy atom. The lowest BCUT2D eigenvalue weighted by Gasteiger charge is -2.11. The third-order valence-electron chi connectivity index (χ3n) is 3.30. The molecule has 0 fully saturated rings. The molecule has 2 rings (SSSR count). The molecule has 0 saturated heterocycles. The van der Waals surface area contributed by atoms with Crippen molar-refractivity contribution in [1.29, 1.82) is 0 Å². The number of rotatable bonds is 7. The summed E-state index contributed by atoms with van der Waals surface area (Å²) in [4.78, 5) is 24.0. The molecule has 0 heterocycles. The molecule has 1 amide bonds. The quantitative estimate of drug-likeness (QED) is 0.724. The van der Waals surface area contributed by atoms with E-state index in [-0.39, 0.29) is 5.91 Å². The van der Waals surface area contributed by atoms with Crippen LogP contribution in [0, 0.1) is 6.92 Å².